The molecule has 1 unspecified atom stereocenters. The second-order valence-electron chi connectivity index (χ2n) is 5.69. The van der Waals surface area contributed by atoms with Crippen LogP contribution in [0, 0.1) is 6.92 Å². The fourth-order valence-electron chi connectivity index (χ4n) is 2.62. The van der Waals surface area contributed by atoms with Gasteiger partial charge in [0.1, 0.15) is 5.75 Å². The molecule has 0 fully saturated rings. The third kappa shape index (κ3) is 7.25. The molecule has 1 aromatic rings. The molecule has 0 bridgehead atoms. The minimum atomic E-state index is 0. The Morgan fingerprint density at radius 1 is 1.25 bits per heavy atom. The number of hydrogen-bond donors (Lipinski definition) is 2. The zero-order chi connectivity index (χ0) is 17.2. The smallest absolute Gasteiger partial charge is 0.191 e. The second kappa shape index (κ2) is 12.4. The first kappa shape index (κ1) is 23.0. The van der Waals surface area contributed by atoms with Gasteiger partial charge in [0.2, 0.25) is 0 Å². The van der Waals surface area contributed by atoms with E-state index >= 15 is 0 Å². The summed E-state index contributed by atoms with van der Waals surface area (Å²) in [7, 11) is 3.50. The number of benzene rings is 1. The Hall–Kier alpha value is -1.02. The first-order chi connectivity index (χ1) is 11.0. The van der Waals surface area contributed by atoms with E-state index in [1.165, 1.54) is 5.56 Å². The minimum Gasteiger partial charge on any atom is -0.496 e. The number of nitrogens with one attached hydrogen (secondary N) is 2. The van der Waals surface area contributed by atoms with Crippen LogP contribution >= 0.6 is 24.0 Å². The van der Waals surface area contributed by atoms with Crippen molar-refractivity contribution < 1.29 is 4.74 Å². The van der Waals surface area contributed by atoms with Crippen LogP contribution in [0.4, 0.5) is 0 Å². The number of hydrogen-bond acceptors (Lipinski definition) is 3. The van der Waals surface area contributed by atoms with Crippen LogP contribution in [0.3, 0.4) is 0 Å². The van der Waals surface area contributed by atoms with Crippen molar-refractivity contribution in [2.45, 2.75) is 40.3 Å². The van der Waals surface area contributed by atoms with E-state index < -0.39 is 0 Å². The van der Waals surface area contributed by atoms with Crippen LogP contribution in [0.1, 0.15) is 31.9 Å². The molecular weight excluding hydrogens is 415 g/mol. The lowest BCUT2D eigenvalue weighted by Crippen LogP contribution is -2.45. The van der Waals surface area contributed by atoms with Gasteiger partial charge in [-0.1, -0.05) is 26.0 Å². The highest BCUT2D eigenvalue weighted by Gasteiger charge is 2.10. The molecule has 0 heterocycles. The van der Waals surface area contributed by atoms with E-state index in [4.69, 9.17) is 4.74 Å². The number of ether oxygens (including phenoxy) is 1. The molecule has 138 valence electrons. The average molecular weight is 448 g/mol. The fourth-order valence-corrected chi connectivity index (χ4v) is 2.62. The molecule has 0 amide bonds. The third-order valence-electron chi connectivity index (χ3n) is 4.11. The summed E-state index contributed by atoms with van der Waals surface area (Å²) in [6, 6.07) is 6.71. The maximum atomic E-state index is 5.44. The number of nitrogens with zero attached hydrogens (tertiary/aromatic N) is 2. The van der Waals surface area contributed by atoms with E-state index in [-0.39, 0.29) is 24.0 Å². The first-order valence-electron chi connectivity index (χ1n) is 8.37. The van der Waals surface area contributed by atoms with Crippen molar-refractivity contribution in [1.29, 1.82) is 0 Å². The van der Waals surface area contributed by atoms with Gasteiger partial charge in [0.05, 0.1) is 7.11 Å². The molecule has 6 heteroatoms. The maximum Gasteiger partial charge on any atom is 0.191 e. The molecule has 5 nitrogen and oxygen atoms in total. The van der Waals surface area contributed by atoms with Crippen molar-refractivity contribution in [1.82, 2.24) is 15.5 Å². The summed E-state index contributed by atoms with van der Waals surface area (Å²) in [4.78, 5) is 6.71. The summed E-state index contributed by atoms with van der Waals surface area (Å²) in [5.41, 5.74) is 2.32. The van der Waals surface area contributed by atoms with Gasteiger partial charge in [-0.15, -0.1) is 24.0 Å². The number of methoxy groups -OCH3 is 1. The van der Waals surface area contributed by atoms with Crippen molar-refractivity contribution in [3.63, 3.8) is 0 Å². The van der Waals surface area contributed by atoms with Crippen molar-refractivity contribution in [2.24, 2.45) is 4.99 Å². The Labute approximate surface area is 164 Å². The van der Waals surface area contributed by atoms with Crippen molar-refractivity contribution in [3.8, 4) is 5.75 Å². The highest BCUT2D eigenvalue weighted by atomic mass is 127. The summed E-state index contributed by atoms with van der Waals surface area (Å²) in [5, 5.41) is 6.74. The van der Waals surface area contributed by atoms with Crippen LogP contribution in [-0.2, 0) is 6.54 Å². The van der Waals surface area contributed by atoms with Crippen LogP contribution in [0.15, 0.2) is 23.2 Å². The molecule has 1 rings (SSSR count). The standard InChI is InChI=1S/C18H32N4O.HI/c1-7-22(8-2)15(4)12-20-18(19-5)21-13-16-10-9-14(3)11-17(16)23-6;/h9-11,15H,7-8,12-13H2,1-6H3,(H2,19,20,21);1H. The van der Waals surface area contributed by atoms with Crippen molar-refractivity contribution in [2.75, 3.05) is 33.8 Å². The molecule has 0 aliphatic heterocycles. The van der Waals surface area contributed by atoms with E-state index in [0.29, 0.717) is 12.6 Å². The zero-order valence-electron chi connectivity index (χ0n) is 15.8. The number of aryl methyl sites for hydroxylation is 1. The molecular formula is C18H33IN4O. The molecule has 0 radical (unpaired) electrons. The zero-order valence-corrected chi connectivity index (χ0v) is 18.2. The SMILES string of the molecule is CCN(CC)C(C)CNC(=NC)NCc1ccc(C)cc1OC.I. The van der Waals surface area contributed by atoms with Gasteiger partial charge in [0.15, 0.2) is 5.96 Å². The lowest BCUT2D eigenvalue weighted by Gasteiger charge is -2.27. The summed E-state index contributed by atoms with van der Waals surface area (Å²) in [5.74, 6) is 1.72. The Bertz CT molecular complexity index is 504. The van der Waals surface area contributed by atoms with Gasteiger partial charge in [0.25, 0.3) is 0 Å². The molecule has 0 saturated heterocycles. The van der Waals surface area contributed by atoms with Crippen LogP contribution in [0.5, 0.6) is 5.75 Å². The predicted octanol–water partition coefficient (Wildman–Crippen LogP) is 3.02. The Morgan fingerprint density at radius 3 is 2.46 bits per heavy atom. The molecule has 0 aliphatic rings. The van der Waals surface area contributed by atoms with E-state index in [9.17, 15) is 0 Å². The molecule has 0 saturated carbocycles. The Morgan fingerprint density at radius 2 is 1.92 bits per heavy atom. The van der Waals surface area contributed by atoms with Crippen LogP contribution in [0.2, 0.25) is 0 Å². The summed E-state index contributed by atoms with van der Waals surface area (Å²) in [6.07, 6.45) is 0. The molecule has 1 atom stereocenters. The van der Waals surface area contributed by atoms with Gasteiger partial charge in [-0.25, -0.2) is 0 Å². The van der Waals surface area contributed by atoms with E-state index in [0.717, 1.165) is 36.9 Å². The van der Waals surface area contributed by atoms with Gasteiger partial charge >= 0.3 is 0 Å². The average Bonchev–Trinajstić information content (AvgIpc) is 2.56. The molecule has 0 spiro atoms. The van der Waals surface area contributed by atoms with Gasteiger partial charge in [-0.05, 0) is 38.6 Å². The van der Waals surface area contributed by atoms with Crippen LogP contribution < -0.4 is 15.4 Å². The molecule has 24 heavy (non-hydrogen) atoms. The molecule has 1 aromatic carbocycles. The number of aliphatic imine (C=N–C) groups is 1. The summed E-state index contributed by atoms with van der Waals surface area (Å²) >= 11 is 0. The van der Waals surface area contributed by atoms with Crippen LogP contribution in [0.25, 0.3) is 0 Å². The lowest BCUT2D eigenvalue weighted by molar-refractivity contribution is 0.231. The molecule has 2 N–H and O–H groups in total. The highest BCUT2D eigenvalue weighted by Crippen LogP contribution is 2.19. The molecule has 0 aromatic heterocycles. The monoisotopic (exact) mass is 448 g/mol. The van der Waals surface area contributed by atoms with Crippen LogP contribution in [-0.4, -0.2) is 50.7 Å². The van der Waals surface area contributed by atoms with Gasteiger partial charge in [0, 0.05) is 31.7 Å². The van der Waals surface area contributed by atoms with Crippen molar-refractivity contribution in [3.05, 3.63) is 29.3 Å². The van der Waals surface area contributed by atoms with E-state index in [2.05, 4.69) is 66.4 Å². The highest BCUT2D eigenvalue weighted by molar-refractivity contribution is 14.0. The van der Waals surface area contributed by atoms with Gasteiger partial charge in [-0.3, -0.25) is 9.89 Å². The molecule has 0 aliphatic carbocycles. The minimum absolute atomic E-state index is 0. The Balaban J connectivity index is 0.00000529. The first-order valence-corrected chi connectivity index (χ1v) is 8.37. The number of likely N-dealkylation sites (N-methyl/N-ethyl adjacent to an activating group) is 1. The number of rotatable bonds is 8. The quantitative estimate of drug-likeness (QED) is 0.365. The summed E-state index contributed by atoms with van der Waals surface area (Å²) in [6.45, 7) is 12.4. The maximum absolute atomic E-state index is 5.44. The van der Waals surface area contributed by atoms with E-state index in [1.54, 1.807) is 14.2 Å². The Kier molecular flexibility index (Phi) is 11.8. The summed E-state index contributed by atoms with van der Waals surface area (Å²) < 4.78 is 5.44. The lowest BCUT2D eigenvalue weighted by atomic mass is 10.1. The topological polar surface area (TPSA) is 48.9 Å². The fraction of sp³-hybridized carbons (Fsp3) is 0.611. The largest absolute Gasteiger partial charge is 0.496 e. The predicted molar refractivity (Wildman–Crippen MR) is 114 cm³/mol. The van der Waals surface area contributed by atoms with Crippen molar-refractivity contribution >= 4 is 29.9 Å². The van der Waals surface area contributed by atoms with Gasteiger partial charge in [-0.2, -0.15) is 0 Å². The number of halogens is 1. The normalized spacial score (nSPS) is 12.5. The second-order valence-corrected chi connectivity index (χ2v) is 5.69. The third-order valence-corrected chi connectivity index (χ3v) is 4.11. The van der Waals surface area contributed by atoms with E-state index in [1.807, 2.05) is 0 Å². The van der Waals surface area contributed by atoms with Gasteiger partial charge < -0.3 is 15.4 Å². The number of guanidine groups is 1.